The van der Waals surface area contributed by atoms with Gasteiger partial charge in [0.1, 0.15) is 5.69 Å². The van der Waals surface area contributed by atoms with Crippen molar-refractivity contribution in [1.29, 1.82) is 0 Å². The lowest BCUT2D eigenvalue weighted by Crippen LogP contribution is -2.39. The Labute approximate surface area is 156 Å². The normalized spacial score (nSPS) is 18.2. The van der Waals surface area contributed by atoms with Crippen molar-refractivity contribution in [3.63, 3.8) is 0 Å². The molecule has 0 aliphatic carbocycles. The molecular weight excluding hydrogens is 330 g/mol. The second kappa shape index (κ2) is 9.21. The lowest BCUT2D eigenvalue weighted by Gasteiger charge is -2.33. The standard InChI is InChI=1S/C20H33N3O3/c1-13(2)26-20(25)17-15(4)18(22-16(17)5)19(24)21-10-8-12-23-11-7-6-9-14(23)3/h13-14,22H,6-12H2,1-5H3,(H,21,24). The predicted octanol–water partition coefficient (Wildman–Crippen LogP) is 3.19. The van der Waals surface area contributed by atoms with Gasteiger partial charge in [0, 0.05) is 24.8 Å². The maximum atomic E-state index is 12.5. The summed E-state index contributed by atoms with van der Waals surface area (Å²) >= 11 is 0. The number of ether oxygens (including phenoxy) is 1. The monoisotopic (exact) mass is 363 g/mol. The first kappa shape index (κ1) is 20.5. The highest BCUT2D eigenvalue weighted by atomic mass is 16.5. The van der Waals surface area contributed by atoms with E-state index in [1.54, 1.807) is 13.8 Å². The number of amides is 1. The highest BCUT2D eigenvalue weighted by molar-refractivity contribution is 6.00. The van der Waals surface area contributed by atoms with Crippen LogP contribution in [0.5, 0.6) is 0 Å². The number of nitrogens with zero attached hydrogens (tertiary/aromatic N) is 1. The number of carbonyl (C=O) groups excluding carboxylic acids is 2. The first-order valence-corrected chi connectivity index (χ1v) is 9.73. The van der Waals surface area contributed by atoms with E-state index < -0.39 is 0 Å². The zero-order valence-corrected chi connectivity index (χ0v) is 16.8. The Morgan fingerprint density at radius 1 is 1.31 bits per heavy atom. The van der Waals surface area contributed by atoms with Crippen LogP contribution >= 0.6 is 0 Å². The molecule has 1 atom stereocenters. The molecule has 1 saturated heterocycles. The zero-order chi connectivity index (χ0) is 19.3. The molecule has 0 spiro atoms. The van der Waals surface area contributed by atoms with Gasteiger partial charge in [-0.25, -0.2) is 4.79 Å². The number of esters is 1. The molecule has 2 heterocycles. The summed E-state index contributed by atoms with van der Waals surface area (Å²) in [6, 6.07) is 0.641. The summed E-state index contributed by atoms with van der Waals surface area (Å²) in [7, 11) is 0. The van der Waals surface area contributed by atoms with Crippen LogP contribution in [0.3, 0.4) is 0 Å². The maximum absolute atomic E-state index is 12.5. The van der Waals surface area contributed by atoms with E-state index in [4.69, 9.17) is 4.74 Å². The molecule has 0 bridgehead atoms. The third kappa shape index (κ3) is 5.10. The van der Waals surface area contributed by atoms with Gasteiger partial charge in [-0.15, -0.1) is 0 Å². The van der Waals surface area contributed by atoms with E-state index in [0.717, 1.165) is 19.5 Å². The van der Waals surface area contributed by atoms with E-state index in [0.29, 0.717) is 35.1 Å². The van der Waals surface area contributed by atoms with Gasteiger partial charge in [-0.3, -0.25) is 4.79 Å². The molecule has 0 aromatic carbocycles. The number of hydrogen-bond donors (Lipinski definition) is 2. The summed E-state index contributed by atoms with van der Waals surface area (Å²) in [6.45, 7) is 12.3. The number of nitrogens with one attached hydrogen (secondary N) is 2. The number of likely N-dealkylation sites (tertiary alicyclic amines) is 1. The van der Waals surface area contributed by atoms with Crippen LogP contribution in [0.2, 0.25) is 0 Å². The van der Waals surface area contributed by atoms with Crippen LogP contribution in [0.1, 0.15) is 78.6 Å². The molecule has 1 unspecified atom stereocenters. The van der Waals surface area contributed by atoms with Crippen molar-refractivity contribution in [2.24, 2.45) is 0 Å². The highest BCUT2D eigenvalue weighted by Crippen LogP contribution is 2.20. The van der Waals surface area contributed by atoms with Gasteiger partial charge in [-0.1, -0.05) is 6.42 Å². The van der Waals surface area contributed by atoms with Gasteiger partial charge < -0.3 is 19.9 Å². The zero-order valence-electron chi connectivity index (χ0n) is 16.8. The smallest absolute Gasteiger partial charge is 0.340 e. The minimum absolute atomic E-state index is 0.166. The Morgan fingerprint density at radius 2 is 2.04 bits per heavy atom. The predicted molar refractivity (Wildman–Crippen MR) is 103 cm³/mol. The number of carbonyl (C=O) groups is 2. The minimum atomic E-state index is -0.385. The van der Waals surface area contributed by atoms with Gasteiger partial charge in [-0.2, -0.15) is 0 Å². The Morgan fingerprint density at radius 3 is 2.69 bits per heavy atom. The van der Waals surface area contributed by atoms with E-state index in [1.165, 1.54) is 19.3 Å². The van der Waals surface area contributed by atoms with Crippen molar-refractivity contribution >= 4 is 11.9 Å². The van der Waals surface area contributed by atoms with E-state index >= 15 is 0 Å². The summed E-state index contributed by atoms with van der Waals surface area (Å²) in [5, 5.41) is 2.97. The van der Waals surface area contributed by atoms with E-state index in [1.807, 2.05) is 13.8 Å². The molecule has 0 saturated carbocycles. The molecule has 0 radical (unpaired) electrons. The summed E-state index contributed by atoms with van der Waals surface area (Å²) in [5.74, 6) is -0.551. The first-order chi connectivity index (χ1) is 12.3. The van der Waals surface area contributed by atoms with Crippen molar-refractivity contribution in [3.8, 4) is 0 Å². The number of aryl methyl sites for hydroxylation is 1. The van der Waals surface area contributed by atoms with Crippen LogP contribution in [-0.4, -0.2) is 53.5 Å². The number of hydrogen-bond acceptors (Lipinski definition) is 4. The number of aromatic amines is 1. The third-order valence-corrected chi connectivity index (χ3v) is 5.06. The summed E-state index contributed by atoms with van der Waals surface area (Å²) in [4.78, 5) is 30.2. The molecular formula is C20H33N3O3. The van der Waals surface area contributed by atoms with Gasteiger partial charge >= 0.3 is 5.97 Å². The molecule has 1 fully saturated rings. The topological polar surface area (TPSA) is 74.4 Å². The fraction of sp³-hybridized carbons (Fsp3) is 0.700. The van der Waals surface area contributed by atoms with Gasteiger partial charge in [0.05, 0.1) is 11.7 Å². The average molecular weight is 364 g/mol. The van der Waals surface area contributed by atoms with Gasteiger partial charge in [-0.05, 0) is 66.0 Å². The van der Waals surface area contributed by atoms with Crippen LogP contribution in [0.15, 0.2) is 0 Å². The Balaban J connectivity index is 1.88. The number of aromatic nitrogens is 1. The molecule has 6 nitrogen and oxygen atoms in total. The maximum Gasteiger partial charge on any atom is 0.340 e. The SMILES string of the molecule is Cc1[nH]c(C(=O)NCCCN2CCCCC2C)c(C)c1C(=O)OC(C)C. The Kier molecular flexibility index (Phi) is 7.26. The fourth-order valence-electron chi connectivity index (χ4n) is 3.62. The van der Waals surface area contributed by atoms with Crippen LogP contribution in [0.4, 0.5) is 0 Å². The van der Waals surface area contributed by atoms with E-state index in [-0.39, 0.29) is 18.0 Å². The number of H-pyrrole nitrogens is 1. The van der Waals surface area contributed by atoms with Crippen molar-refractivity contribution in [2.75, 3.05) is 19.6 Å². The molecule has 146 valence electrons. The minimum Gasteiger partial charge on any atom is -0.459 e. The molecule has 1 amide bonds. The second-order valence-electron chi connectivity index (χ2n) is 7.57. The summed E-state index contributed by atoms with van der Waals surface area (Å²) in [6.07, 6.45) is 4.60. The lowest BCUT2D eigenvalue weighted by molar-refractivity contribution is 0.0376. The molecule has 1 aliphatic heterocycles. The number of rotatable bonds is 7. The van der Waals surface area contributed by atoms with Crippen LogP contribution in [0.25, 0.3) is 0 Å². The fourth-order valence-corrected chi connectivity index (χ4v) is 3.62. The molecule has 2 rings (SSSR count). The van der Waals surface area contributed by atoms with Crippen molar-refractivity contribution in [2.45, 2.75) is 72.4 Å². The van der Waals surface area contributed by atoms with Gasteiger partial charge in [0.15, 0.2) is 0 Å². The number of piperidine rings is 1. The van der Waals surface area contributed by atoms with Crippen LogP contribution in [-0.2, 0) is 4.74 Å². The second-order valence-corrected chi connectivity index (χ2v) is 7.57. The Bertz CT molecular complexity index is 636. The van der Waals surface area contributed by atoms with E-state index in [9.17, 15) is 9.59 Å². The first-order valence-electron chi connectivity index (χ1n) is 9.73. The molecule has 2 N–H and O–H groups in total. The molecule has 1 aromatic rings. The largest absolute Gasteiger partial charge is 0.459 e. The van der Waals surface area contributed by atoms with Crippen LogP contribution in [0, 0.1) is 13.8 Å². The Hall–Kier alpha value is -1.82. The van der Waals surface area contributed by atoms with E-state index in [2.05, 4.69) is 22.1 Å². The van der Waals surface area contributed by atoms with Gasteiger partial charge in [0.25, 0.3) is 5.91 Å². The summed E-state index contributed by atoms with van der Waals surface area (Å²) in [5.41, 5.74) is 2.23. The molecule has 6 heteroatoms. The van der Waals surface area contributed by atoms with Crippen molar-refractivity contribution in [1.82, 2.24) is 15.2 Å². The van der Waals surface area contributed by atoms with Crippen molar-refractivity contribution in [3.05, 3.63) is 22.5 Å². The third-order valence-electron chi connectivity index (χ3n) is 5.06. The molecule has 1 aliphatic rings. The quantitative estimate of drug-likeness (QED) is 0.576. The lowest BCUT2D eigenvalue weighted by atomic mass is 10.0. The summed E-state index contributed by atoms with van der Waals surface area (Å²) < 4.78 is 5.27. The van der Waals surface area contributed by atoms with Crippen LogP contribution < -0.4 is 5.32 Å². The average Bonchev–Trinajstić information content (AvgIpc) is 2.87. The molecule has 26 heavy (non-hydrogen) atoms. The molecule has 1 aromatic heterocycles. The van der Waals surface area contributed by atoms with Crippen molar-refractivity contribution < 1.29 is 14.3 Å². The highest BCUT2D eigenvalue weighted by Gasteiger charge is 2.23. The van der Waals surface area contributed by atoms with Gasteiger partial charge in [0.2, 0.25) is 0 Å².